The molecule has 0 aromatic heterocycles. The van der Waals surface area contributed by atoms with Crippen molar-refractivity contribution in [2.75, 3.05) is 25.4 Å². The molecule has 2 aliphatic rings. The summed E-state index contributed by atoms with van der Waals surface area (Å²) in [7, 11) is -0.862. The quantitative estimate of drug-likeness (QED) is 0.513. The third kappa shape index (κ3) is 6.70. The molecule has 1 unspecified atom stereocenters. The molecule has 0 aromatic carbocycles. The first-order valence-electron chi connectivity index (χ1n) is 8.38. The Morgan fingerprint density at radius 2 is 2.04 bits per heavy atom. The average molecular weight is 330 g/mol. The van der Waals surface area contributed by atoms with Crippen molar-refractivity contribution in [3.63, 3.8) is 0 Å². The van der Waals surface area contributed by atoms with Crippen LogP contribution in [0.4, 0.5) is 0 Å². The van der Waals surface area contributed by atoms with Crippen molar-refractivity contribution in [3.8, 4) is 0 Å². The van der Waals surface area contributed by atoms with E-state index in [0.29, 0.717) is 0 Å². The van der Waals surface area contributed by atoms with E-state index in [0.717, 1.165) is 23.6 Å². The van der Waals surface area contributed by atoms with Crippen LogP contribution in [0.2, 0.25) is 0 Å². The maximum atomic E-state index is 12.3. The van der Waals surface area contributed by atoms with Crippen molar-refractivity contribution in [1.29, 1.82) is 0 Å². The van der Waals surface area contributed by atoms with Gasteiger partial charge in [-0.2, -0.15) is 0 Å². The van der Waals surface area contributed by atoms with Crippen LogP contribution in [-0.2, 0) is 10.8 Å². The maximum Gasteiger partial charge on any atom is 0.0498 e. The Bertz CT molecular complexity index is 610. The largest absolute Gasteiger partial charge is 0.302 e. The van der Waals surface area contributed by atoms with Gasteiger partial charge in [0.2, 0.25) is 0 Å². The van der Waals surface area contributed by atoms with Gasteiger partial charge in [0.1, 0.15) is 0 Å². The Labute approximate surface area is 143 Å². The van der Waals surface area contributed by atoms with E-state index in [2.05, 4.69) is 35.8 Å². The van der Waals surface area contributed by atoms with Crippen LogP contribution in [0, 0.1) is 0 Å². The molecule has 1 aliphatic heterocycles. The lowest BCUT2D eigenvalue weighted by atomic mass is 10.1. The number of nitrogens with zero attached hydrogens (tertiary/aromatic N) is 1. The van der Waals surface area contributed by atoms with Crippen molar-refractivity contribution >= 4 is 10.8 Å². The van der Waals surface area contributed by atoms with Gasteiger partial charge in [-0.05, 0) is 63.9 Å². The average Bonchev–Trinajstić information content (AvgIpc) is 2.94. The maximum absolute atomic E-state index is 12.3. The lowest BCUT2D eigenvalue weighted by Crippen LogP contribution is -2.24. The molecule has 1 atom stereocenters. The summed E-state index contributed by atoms with van der Waals surface area (Å²) in [5.41, 5.74) is 5.60. The topological polar surface area (TPSA) is 20.3 Å². The molecular formula is C20H27NOS. The molecule has 0 bridgehead atoms. The van der Waals surface area contributed by atoms with E-state index >= 15 is 0 Å². The molecule has 2 rings (SSSR count). The lowest BCUT2D eigenvalue weighted by molar-refractivity contribution is 0.361. The van der Waals surface area contributed by atoms with E-state index in [1.165, 1.54) is 37.1 Å². The van der Waals surface area contributed by atoms with Gasteiger partial charge in [0.05, 0.1) is 0 Å². The molecule has 0 saturated carbocycles. The standard InChI is InChI=1S/C20H27NOS/c1-18(17-20-9-5-3-4-6-10-20)11-12-19(2)23(22)16-15-21-13-7-8-14-21/h3,5-6,9-12H,7-8,13-17H2,1-2H3/b18-11+,19-12+. The van der Waals surface area contributed by atoms with Crippen LogP contribution in [0.3, 0.4) is 0 Å². The third-order valence-electron chi connectivity index (χ3n) is 4.13. The van der Waals surface area contributed by atoms with Crippen molar-refractivity contribution in [3.05, 3.63) is 64.3 Å². The monoisotopic (exact) mass is 329 g/mol. The van der Waals surface area contributed by atoms with E-state index < -0.39 is 10.8 Å². The van der Waals surface area contributed by atoms with E-state index in [-0.39, 0.29) is 0 Å². The summed E-state index contributed by atoms with van der Waals surface area (Å²) in [4.78, 5) is 3.38. The number of allylic oxidation sites excluding steroid dienone is 9. The van der Waals surface area contributed by atoms with Crippen molar-refractivity contribution < 1.29 is 4.21 Å². The first-order chi connectivity index (χ1) is 11.1. The lowest BCUT2D eigenvalue weighted by Gasteiger charge is -2.13. The molecule has 1 saturated heterocycles. The van der Waals surface area contributed by atoms with E-state index in [1.807, 2.05) is 31.2 Å². The molecule has 0 amide bonds. The van der Waals surface area contributed by atoms with Crippen LogP contribution < -0.4 is 0 Å². The zero-order valence-corrected chi connectivity index (χ0v) is 15.1. The molecule has 0 radical (unpaired) electrons. The SMILES string of the molecule is C/C(=C\C=C(/C)S(=O)CCN1CCCC1)CC1=CC=C=CC=C1. The fourth-order valence-corrected chi connectivity index (χ4v) is 3.67. The Morgan fingerprint density at radius 3 is 2.83 bits per heavy atom. The summed E-state index contributed by atoms with van der Waals surface area (Å²) in [6.07, 6.45) is 17.7. The highest BCUT2D eigenvalue weighted by atomic mass is 32.2. The second-order valence-corrected chi connectivity index (χ2v) is 7.91. The van der Waals surface area contributed by atoms with Crippen molar-refractivity contribution in [1.82, 2.24) is 4.90 Å². The molecule has 2 nitrogen and oxygen atoms in total. The van der Waals surface area contributed by atoms with Gasteiger partial charge in [-0.1, -0.05) is 36.0 Å². The van der Waals surface area contributed by atoms with E-state index in [4.69, 9.17) is 0 Å². The van der Waals surface area contributed by atoms with Gasteiger partial charge in [0, 0.05) is 28.0 Å². The fourth-order valence-electron chi connectivity index (χ4n) is 2.71. The molecule has 23 heavy (non-hydrogen) atoms. The summed E-state index contributed by atoms with van der Waals surface area (Å²) in [6.45, 7) is 7.39. The van der Waals surface area contributed by atoms with Gasteiger partial charge < -0.3 is 4.90 Å². The predicted molar refractivity (Wildman–Crippen MR) is 101 cm³/mol. The molecule has 124 valence electrons. The smallest absolute Gasteiger partial charge is 0.0498 e. The van der Waals surface area contributed by atoms with Crippen LogP contribution >= 0.6 is 0 Å². The summed E-state index contributed by atoms with van der Waals surface area (Å²) >= 11 is 0. The molecule has 3 heteroatoms. The van der Waals surface area contributed by atoms with Gasteiger partial charge in [0.25, 0.3) is 0 Å². The first-order valence-corrected chi connectivity index (χ1v) is 9.70. The van der Waals surface area contributed by atoms with Gasteiger partial charge in [-0.15, -0.1) is 5.73 Å². The van der Waals surface area contributed by atoms with Crippen LogP contribution in [0.15, 0.2) is 64.3 Å². The van der Waals surface area contributed by atoms with Crippen LogP contribution in [0.1, 0.15) is 33.1 Å². The predicted octanol–water partition coefficient (Wildman–Crippen LogP) is 4.28. The molecule has 1 heterocycles. The normalized spacial score (nSPS) is 20.7. The highest BCUT2D eigenvalue weighted by Crippen LogP contribution is 2.15. The Balaban J connectivity index is 1.82. The zero-order valence-electron chi connectivity index (χ0n) is 14.3. The van der Waals surface area contributed by atoms with Crippen LogP contribution in [0.25, 0.3) is 0 Å². The summed E-state index contributed by atoms with van der Waals surface area (Å²) in [5.74, 6) is 0.750. The van der Waals surface area contributed by atoms with E-state index in [1.54, 1.807) is 0 Å². The second kappa shape index (κ2) is 9.67. The Morgan fingerprint density at radius 1 is 1.26 bits per heavy atom. The van der Waals surface area contributed by atoms with E-state index in [9.17, 15) is 4.21 Å². The Hall–Kier alpha value is -1.41. The molecule has 1 fully saturated rings. The number of hydrogen-bond donors (Lipinski definition) is 0. The third-order valence-corrected chi connectivity index (χ3v) is 5.54. The molecular weight excluding hydrogens is 302 g/mol. The summed E-state index contributed by atoms with van der Waals surface area (Å²) in [6, 6.07) is 0. The molecule has 0 spiro atoms. The molecule has 0 N–H and O–H groups in total. The number of rotatable bonds is 7. The number of likely N-dealkylation sites (tertiary alicyclic amines) is 1. The molecule has 0 aromatic rings. The summed E-state index contributed by atoms with van der Waals surface area (Å²) < 4.78 is 12.3. The van der Waals surface area contributed by atoms with Gasteiger partial charge in [0.15, 0.2) is 0 Å². The number of hydrogen-bond acceptors (Lipinski definition) is 2. The highest BCUT2D eigenvalue weighted by Gasteiger charge is 2.12. The minimum absolute atomic E-state index is 0.750. The fraction of sp³-hybridized carbons (Fsp3) is 0.450. The van der Waals surface area contributed by atoms with Crippen LogP contribution in [-0.4, -0.2) is 34.5 Å². The first kappa shape index (κ1) is 17.9. The second-order valence-electron chi connectivity index (χ2n) is 6.17. The van der Waals surface area contributed by atoms with Gasteiger partial charge in [-0.3, -0.25) is 4.21 Å². The minimum atomic E-state index is -0.862. The zero-order chi connectivity index (χ0) is 16.5. The Kier molecular flexibility index (Phi) is 7.54. The highest BCUT2D eigenvalue weighted by molar-refractivity contribution is 7.88. The van der Waals surface area contributed by atoms with Gasteiger partial charge >= 0.3 is 0 Å². The summed E-state index contributed by atoms with van der Waals surface area (Å²) in [5, 5.41) is 0. The van der Waals surface area contributed by atoms with Crippen molar-refractivity contribution in [2.45, 2.75) is 33.1 Å². The molecule has 1 aliphatic carbocycles. The van der Waals surface area contributed by atoms with Crippen molar-refractivity contribution in [2.24, 2.45) is 0 Å². The minimum Gasteiger partial charge on any atom is -0.302 e. The van der Waals surface area contributed by atoms with Gasteiger partial charge in [-0.25, -0.2) is 0 Å². The van der Waals surface area contributed by atoms with Crippen LogP contribution in [0.5, 0.6) is 0 Å².